The van der Waals surface area contributed by atoms with Gasteiger partial charge in [0.2, 0.25) is 0 Å². The maximum atomic E-state index is 5.92. The summed E-state index contributed by atoms with van der Waals surface area (Å²) in [7, 11) is 2.27. The van der Waals surface area contributed by atoms with E-state index in [1.54, 1.807) is 6.20 Å². The number of nitrogens with zero attached hydrogens (tertiary/aromatic N) is 3. The second-order valence-electron chi connectivity index (χ2n) is 6.71. The largest absolute Gasteiger partial charge is 0.456 e. The maximum Gasteiger partial charge on any atom is 0.147 e. The molecule has 2 aliphatic heterocycles. The van der Waals surface area contributed by atoms with Crippen LogP contribution in [-0.2, 0) is 0 Å². The van der Waals surface area contributed by atoms with Crippen LogP contribution in [0.3, 0.4) is 0 Å². The van der Waals surface area contributed by atoms with Gasteiger partial charge in [-0.15, -0.1) is 0 Å². The minimum absolute atomic E-state index is 0.371. The lowest BCUT2D eigenvalue weighted by molar-refractivity contribution is 0.198. The molecule has 0 bridgehead atoms. The van der Waals surface area contributed by atoms with Crippen LogP contribution in [0.1, 0.15) is 19.3 Å². The number of anilines is 1. The zero-order valence-corrected chi connectivity index (χ0v) is 13.6. The highest BCUT2D eigenvalue weighted by Gasteiger charge is 2.44. The van der Waals surface area contributed by atoms with Crippen molar-refractivity contribution in [3.05, 3.63) is 48.8 Å². The van der Waals surface area contributed by atoms with Gasteiger partial charge in [0.05, 0.1) is 18.1 Å². The molecule has 2 aliphatic rings. The highest BCUT2D eigenvalue weighted by molar-refractivity contribution is 5.50. The van der Waals surface area contributed by atoms with E-state index in [0.717, 1.165) is 30.3 Å². The van der Waals surface area contributed by atoms with Crippen molar-refractivity contribution in [2.45, 2.75) is 24.8 Å². The van der Waals surface area contributed by atoms with Crippen LogP contribution in [0, 0.1) is 0 Å². The van der Waals surface area contributed by atoms with E-state index >= 15 is 0 Å². The Labute approximate surface area is 137 Å². The first-order chi connectivity index (χ1) is 11.3. The van der Waals surface area contributed by atoms with Crippen LogP contribution >= 0.6 is 0 Å². The molecule has 1 aromatic carbocycles. The van der Waals surface area contributed by atoms with Gasteiger partial charge in [-0.25, -0.2) is 0 Å². The highest BCUT2D eigenvalue weighted by atomic mass is 16.5. The van der Waals surface area contributed by atoms with E-state index in [1.165, 1.54) is 25.8 Å². The lowest BCUT2D eigenvalue weighted by Crippen LogP contribution is -2.43. The molecule has 4 heteroatoms. The summed E-state index contributed by atoms with van der Waals surface area (Å²) in [5, 5.41) is 0. The topological polar surface area (TPSA) is 28.6 Å². The highest BCUT2D eigenvalue weighted by Crippen LogP contribution is 2.38. The van der Waals surface area contributed by atoms with Gasteiger partial charge in [0.1, 0.15) is 11.5 Å². The quantitative estimate of drug-likeness (QED) is 0.867. The molecule has 0 aliphatic carbocycles. The van der Waals surface area contributed by atoms with Gasteiger partial charge in [0.25, 0.3) is 0 Å². The van der Waals surface area contributed by atoms with E-state index in [2.05, 4.69) is 27.9 Å². The van der Waals surface area contributed by atoms with Crippen molar-refractivity contribution in [1.82, 2.24) is 9.88 Å². The third-order valence-corrected chi connectivity index (χ3v) is 5.32. The van der Waals surface area contributed by atoms with Crippen molar-refractivity contribution in [2.24, 2.45) is 0 Å². The smallest absolute Gasteiger partial charge is 0.147 e. The van der Waals surface area contributed by atoms with Gasteiger partial charge < -0.3 is 9.64 Å². The summed E-state index contributed by atoms with van der Waals surface area (Å²) in [4.78, 5) is 9.38. The first kappa shape index (κ1) is 14.5. The van der Waals surface area contributed by atoms with Crippen LogP contribution in [0.15, 0.2) is 48.8 Å². The maximum absolute atomic E-state index is 5.92. The fourth-order valence-electron chi connectivity index (χ4n) is 3.93. The summed E-state index contributed by atoms with van der Waals surface area (Å²) in [6.45, 7) is 3.42. The number of pyridine rings is 1. The van der Waals surface area contributed by atoms with Crippen molar-refractivity contribution in [1.29, 1.82) is 0 Å². The van der Waals surface area contributed by atoms with Gasteiger partial charge >= 0.3 is 0 Å². The Hall–Kier alpha value is -2.07. The van der Waals surface area contributed by atoms with E-state index < -0.39 is 0 Å². The minimum atomic E-state index is 0.371. The van der Waals surface area contributed by atoms with Gasteiger partial charge in [-0.2, -0.15) is 0 Å². The second-order valence-corrected chi connectivity index (χ2v) is 6.71. The summed E-state index contributed by atoms with van der Waals surface area (Å²) < 4.78 is 5.92. The first-order valence-corrected chi connectivity index (χ1v) is 8.39. The number of benzene rings is 1. The van der Waals surface area contributed by atoms with Gasteiger partial charge in [-0.1, -0.05) is 18.2 Å². The number of aromatic nitrogens is 1. The van der Waals surface area contributed by atoms with Crippen LogP contribution in [-0.4, -0.2) is 42.1 Å². The number of rotatable bonds is 3. The van der Waals surface area contributed by atoms with Crippen molar-refractivity contribution in [3.63, 3.8) is 0 Å². The van der Waals surface area contributed by atoms with Crippen LogP contribution in [0.2, 0.25) is 0 Å². The zero-order chi connectivity index (χ0) is 15.7. The van der Waals surface area contributed by atoms with Gasteiger partial charge in [0, 0.05) is 24.7 Å². The fourth-order valence-corrected chi connectivity index (χ4v) is 3.93. The fraction of sp³-hybridized carbons (Fsp3) is 0.421. The van der Waals surface area contributed by atoms with Crippen molar-refractivity contribution in [3.8, 4) is 11.5 Å². The number of likely N-dealkylation sites (N-methyl/N-ethyl adjacent to an activating group) is 1. The molecule has 0 unspecified atom stereocenters. The molecule has 23 heavy (non-hydrogen) atoms. The Bertz CT molecular complexity index is 675. The predicted molar refractivity (Wildman–Crippen MR) is 92.2 cm³/mol. The van der Waals surface area contributed by atoms with Gasteiger partial charge in [-0.3, -0.25) is 9.88 Å². The van der Waals surface area contributed by atoms with Gasteiger partial charge in [0.15, 0.2) is 0 Å². The van der Waals surface area contributed by atoms with Crippen LogP contribution in [0.4, 0.5) is 5.69 Å². The Morgan fingerprint density at radius 2 is 1.91 bits per heavy atom. The second kappa shape index (κ2) is 5.85. The summed E-state index contributed by atoms with van der Waals surface area (Å²) in [5.41, 5.74) is 1.53. The molecule has 0 amide bonds. The summed E-state index contributed by atoms with van der Waals surface area (Å²) in [5.74, 6) is 1.65. The first-order valence-electron chi connectivity index (χ1n) is 8.39. The SMILES string of the molecule is CN1CCC[C@@]12CCN(c1cncc(Oc3ccccc3)c1)C2. The molecular weight excluding hydrogens is 286 g/mol. The molecule has 0 radical (unpaired) electrons. The van der Waals surface area contributed by atoms with E-state index in [9.17, 15) is 0 Å². The average molecular weight is 309 g/mol. The van der Waals surface area contributed by atoms with E-state index in [1.807, 2.05) is 36.5 Å². The van der Waals surface area contributed by atoms with Crippen LogP contribution in [0.25, 0.3) is 0 Å². The molecule has 1 atom stereocenters. The zero-order valence-electron chi connectivity index (χ0n) is 13.6. The Kier molecular flexibility index (Phi) is 3.69. The third kappa shape index (κ3) is 2.79. The molecule has 0 N–H and O–H groups in total. The molecule has 2 saturated heterocycles. The number of para-hydroxylation sites is 1. The summed E-state index contributed by atoms with van der Waals surface area (Å²) in [6.07, 6.45) is 7.61. The molecule has 1 aromatic heterocycles. The standard InChI is InChI=1S/C19H23N3O/c1-21-10-5-8-19(21)9-11-22(15-19)16-12-18(14-20-13-16)23-17-6-3-2-4-7-17/h2-4,6-7,12-14H,5,8-11,15H2,1H3/t19-/m0/s1. The average Bonchev–Trinajstić information content (AvgIpc) is 3.17. The molecule has 2 aromatic rings. The molecule has 2 fully saturated rings. The number of likely N-dealkylation sites (tertiary alicyclic amines) is 1. The van der Waals surface area contributed by atoms with Crippen molar-refractivity contribution >= 4 is 5.69 Å². The van der Waals surface area contributed by atoms with Crippen molar-refractivity contribution < 1.29 is 4.74 Å². The normalized spacial score (nSPS) is 24.5. The molecule has 1 spiro atoms. The van der Waals surface area contributed by atoms with Crippen LogP contribution < -0.4 is 9.64 Å². The van der Waals surface area contributed by atoms with E-state index in [0.29, 0.717) is 5.54 Å². The Balaban J connectivity index is 1.51. The molecule has 3 heterocycles. The molecule has 4 rings (SSSR count). The van der Waals surface area contributed by atoms with Crippen molar-refractivity contribution in [2.75, 3.05) is 31.6 Å². The molecular formula is C19H23N3O. The minimum Gasteiger partial charge on any atom is -0.456 e. The monoisotopic (exact) mass is 309 g/mol. The summed E-state index contributed by atoms with van der Waals surface area (Å²) >= 11 is 0. The Morgan fingerprint density at radius 3 is 2.70 bits per heavy atom. The summed E-state index contributed by atoms with van der Waals surface area (Å²) in [6, 6.07) is 12.0. The Morgan fingerprint density at radius 1 is 1.04 bits per heavy atom. The van der Waals surface area contributed by atoms with E-state index in [4.69, 9.17) is 4.74 Å². The molecule has 120 valence electrons. The van der Waals surface area contributed by atoms with E-state index in [-0.39, 0.29) is 0 Å². The van der Waals surface area contributed by atoms with Crippen LogP contribution in [0.5, 0.6) is 11.5 Å². The number of ether oxygens (including phenoxy) is 1. The third-order valence-electron chi connectivity index (χ3n) is 5.32. The number of hydrogen-bond acceptors (Lipinski definition) is 4. The molecule has 4 nitrogen and oxygen atoms in total. The van der Waals surface area contributed by atoms with Gasteiger partial charge in [-0.05, 0) is 45.0 Å². The lowest BCUT2D eigenvalue weighted by atomic mass is 9.96. The predicted octanol–water partition coefficient (Wildman–Crippen LogP) is 3.55. The number of hydrogen-bond donors (Lipinski definition) is 0. The lowest BCUT2D eigenvalue weighted by Gasteiger charge is -2.32. The molecule has 0 saturated carbocycles.